The van der Waals surface area contributed by atoms with Gasteiger partial charge < -0.3 is 9.47 Å². The van der Waals surface area contributed by atoms with Crippen molar-refractivity contribution in [1.82, 2.24) is 0 Å². The van der Waals surface area contributed by atoms with Crippen molar-refractivity contribution in [1.29, 1.82) is 0 Å². The first kappa shape index (κ1) is 14.0. The van der Waals surface area contributed by atoms with E-state index in [4.69, 9.17) is 32.7 Å². The van der Waals surface area contributed by atoms with Gasteiger partial charge in [0.1, 0.15) is 5.75 Å². The van der Waals surface area contributed by atoms with Gasteiger partial charge >= 0.3 is 0 Å². The summed E-state index contributed by atoms with van der Waals surface area (Å²) in [7, 11) is 1.63. The number of hydrogen-bond donors (Lipinski definition) is 0. The Morgan fingerprint density at radius 1 is 1.33 bits per heavy atom. The quantitative estimate of drug-likeness (QED) is 0.734. The van der Waals surface area contributed by atoms with E-state index in [0.29, 0.717) is 28.2 Å². The van der Waals surface area contributed by atoms with E-state index in [1.54, 1.807) is 13.2 Å². The first-order valence-electron chi connectivity index (χ1n) is 6.25. The summed E-state index contributed by atoms with van der Waals surface area (Å²) in [6.45, 7) is 4.30. The Bertz CT molecular complexity index is 434. The Morgan fingerprint density at radius 3 is 2.61 bits per heavy atom. The van der Waals surface area contributed by atoms with E-state index in [-0.39, 0.29) is 0 Å². The normalized spacial score (nSPS) is 23.8. The van der Waals surface area contributed by atoms with E-state index in [2.05, 4.69) is 13.8 Å². The molecule has 0 aromatic heterocycles. The molecule has 1 fully saturated rings. The molecule has 1 saturated heterocycles. The average Bonchev–Trinajstić information content (AvgIpc) is 3.06. The van der Waals surface area contributed by atoms with Crippen molar-refractivity contribution in [3.05, 3.63) is 27.7 Å². The maximum Gasteiger partial charge on any atom is 0.141 e. The van der Waals surface area contributed by atoms with E-state index < -0.39 is 0 Å². The molecule has 0 radical (unpaired) electrons. The zero-order valence-electron chi connectivity index (χ0n) is 10.9. The summed E-state index contributed by atoms with van der Waals surface area (Å²) < 4.78 is 11.0. The summed E-state index contributed by atoms with van der Waals surface area (Å²) in [5.41, 5.74) is 1.06. The lowest BCUT2D eigenvalue weighted by Gasteiger charge is -2.16. The second-order valence-corrected chi connectivity index (χ2v) is 5.61. The summed E-state index contributed by atoms with van der Waals surface area (Å²) in [6, 6.07) is 3.64. The standard InChI is InChI=1S/C14H18Cl2O2/c1-4-12-13(18-12)5-8(2)10-6-9(15)7-11(16)14(10)17-3/h6-8,12-13H,4-5H2,1-3H3. The number of halogens is 2. The Labute approximate surface area is 118 Å². The van der Waals surface area contributed by atoms with Gasteiger partial charge in [-0.25, -0.2) is 0 Å². The van der Waals surface area contributed by atoms with E-state index in [9.17, 15) is 0 Å². The van der Waals surface area contributed by atoms with Gasteiger partial charge in [0.2, 0.25) is 0 Å². The topological polar surface area (TPSA) is 21.8 Å². The van der Waals surface area contributed by atoms with Gasteiger partial charge in [0.15, 0.2) is 0 Å². The van der Waals surface area contributed by atoms with Crippen LogP contribution in [0, 0.1) is 0 Å². The maximum absolute atomic E-state index is 6.15. The molecule has 100 valence electrons. The number of epoxide rings is 1. The lowest BCUT2D eigenvalue weighted by Crippen LogP contribution is -2.03. The molecule has 0 amide bonds. The van der Waals surface area contributed by atoms with Gasteiger partial charge in [-0.3, -0.25) is 0 Å². The van der Waals surface area contributed by atoms with Crippen LogP contribution >= 0.6 is 23.2 Å². The smallest absolute Gasteiger partial charge is 0.141 e. The van der Waals surface area contributed by atoms with Gasteiger partial charge in [0.05, 0.1) is 24.3 Å². The Hall–Kier alpha value is -0.440. The highest BCUT2D eigenvalue weighted by Gasteiger charge is 2.38. The molecule has 0 bridgehead atoms. The molecule has 3 unspecified atom stereocenters. The monoisotopic (exact) mass is 288 g/mol. The van der Waals surface area contributed by atoms with Gasteiger partial charge in [-0.1, -0.05) is 37.0 Å². The third kappa shape index (κ3) is 2.93. The van der Waals surface area contributed by atoms with Crippen molar-refractivity contribution in [3.63, 3.8) is 0 Å². The fraction of sp³-hybridized carbons (Fsp3) is 0.571. The van der Waals surface area contributed by atoms with Gasteiger partial charge in [-0.15, -0.1) is 0 Å². The molecular weight excluding hydrogens is 271 g/mol. The van der Waals surface area contributed by atoms with Crippen molar-refractivity contribution in [2.45, 2.75) is 44.8 Å². The first-order valence-corrected chi connectivity index (χ1v) is 7.00. The lowest BCUT2D eigenvalue weighted by atomic mass is 9.94. The molecule has 0 saturated carbocycles. The van der Waals surface area contributed by atoms with Crippen molar-refractivity contribution < 1.29 is 9.47 Å². The second kappa shape index (κ2) is 5.68. The van der Waals surface area contributed by atoms with Crippen LogP contribution in [0.4, 0.5) is 0 Å². The molecular formula is C14H18Cl2O2. The predicted molar refractivity (Wildman–Crippen MR) is 75.0 cm³/mol. The van der Waals surface area contributed by atoms with Crippen LogP contribution in [0.2, 0.25) is 10.0 Å². The van der Waals surface area contributed by atoms with Crippen LogP contribution < -0.4 is 4.74 Å². The fourth-order valence-electron chi connectivity index (χ4n) is 2.38. The molecule has 1 aromatic rings. The fourth-order valence-corrected chi connectivity index (χ4v) is 2.97. The third-order valence-corrected chi connectivity index (χ3v) is 3.95. The maximum atomic E-state index is 6.15. The molecule has 0 aliphatic carbocycles. The van der Waals surface area contributed by atoms with Gasteiger partial charge in [-0.2, -0.15) is 0 Å². The molecule has 2 nitrogen and oxygen atoms in total. The molecule has 1 aliphatic rings. The summed E-state index contributed by atoms with van der Waals surface area (Å²) in [5.74, 6) is 1.04. The lowest BCUT2D eigenvalue weighted by molar-refractivity contribution is 0.350. The molecule has 18 heavy (non-hydrogen) atoms. The largest absolute Gasteiger partial charge is 0.495 e. The molecule has 1 aliphatic heterocycles. The van der Waals surface area contributed by atoms with Crippen LogP contribution in [0.3, 0.4) is 0 Å². The van der Waals surface area contributed by atoms with Crippen LogP contribution in [0.5, 0.6) is 5.75 Å². The molecule has 0 spiro atoms. The van der Waals surface area contributed by atoms with Crippen molar-refractivity contribution in [3.8, 4) is 5.75 Å². The molecule has 1 aromatic carbocycles. The molecule has 0 N–H and O–H groups in total. The van der Waals surface area contributed by atoms with Crippen LogP contribution in [0.1, 0.15) is 38.2 Å². The van der Waals surface area contributed by atoms with Crippen LogP contribution in [-0.4, -0.2) is 19.3 Å². The summed E-state index contributed by atoms with van der Waals surface area (Å²) in [6.07, 6.45) is 2.84. The van der Waals surface area contributed by atoms with Crippen LogP contribution in [-0.2, 0) is 4.74 Å². The third-order valence-electron chi connectivity index (χ3n) is 3.45. The van der Waals surface area contributed by atoms with E-state index in [0.717, 1.165) is 24.2 Å². The van der Waals surface area contributed by atoms with Gasteiger partial charge in [0, 0.05) is 10.6 Å². The van der Waals surface area contributed by atoms with E-state index >= 15 is 0 Å². The molecule has 2 rings (SSSR count). The average molecular weight is 289 g/mol. The molecule has 4 heteroatoms. The Morgan fingerprint density at radius 2 is 2.06 bits per heavy atom. The highest BCUT2D eigenvalue weighted by Crippen LogP contribution is 2.41. The zero-order valence-corrected chi connectivity index (χ0v) is 12.4. The minimum atomic E-state index is 0.317. The number of ether oxygens (including phenoxy) is 2. The van der Waals surface area contributed by atoms with Crippen molar-refractivity contribution >= 4 is 23.2 Å². The van der Waals surface area contributed by atoms with Gasteiger partial charge in [0.25, 0.3) is 0 Å². The minimum Gasteiger partial charge on any atom is -0.495 e. The number of benzene rings is 1. The minimum absolute atomic E-state index is 0.317. The first-order chi connectivity index (χ1) is 8.56. The summed E-state index contributed by atoms with van der Waals surface area (Å²) >= 11 is 12.2. The number of rotatable bonds is 5. The van der Waals surface area contributed by atoms with Crippen molar-refractivity contribution in [2.24, 2.45) is 0 Å². The second-order valence-electron chi connectivity index (χ2n) is 4.77. The van der Waals surface area contributed by atoms with Crippen LogP contribution in [0.15, 0.2) is 12.1 Å². The highest BCUT2D eigenvalue weighted by molar-refractivity contribution is 6.35. The molecule has 3 atom stereocenters. The summed E-state index contributed by atoms with van der Waals surface area (Å²) in [5, 5.41) is 1.21. The number of methoxy groups -OCH3 is 1. The Balaban J connectivity index is 2.16. The van der Waals surface area contributed by atoms with Crippen LogP contribution in [0.25, 0.3) is 0 Å². The highest BCUT2D eigenvalue weighted by atomic mass is 35.5. The number of hydrogen-bond acceptors (Lipinski definition) is 2. The SMILES string of the molecule is CCC1OC1CC(C)c1cc(Cl)cc(Cl)c1OC. The van der Waals surface area contributed by atoms with E-state index in [1.165, 1.54) is 0 Å². The van der Waals surface area contributed by atoms with E-state index in [1.807, 2.05) is 6.07 Å². The van der Waals surface area contributed by atoms with Crippen molar-refractivity contribution in [2.75, 3.05) is 7.11 Å². The Kier molecular flexibility index (Phi) is 4.41. The predicted octanol–water partition coefficient (Wildman–Crippen LogP) is 4.67. The summed E-state index contributed by atoms with van der Waals surface area (Å²) in [4.78, 5) is 0. The molecule has 1 heterocycles. The zero-order chi connectivity index (χ0) is 13.3. The van der Waals surface area contributed by atoms with Gasteiger partial charge in [-0.05, 0) is 30.9 Å².